The van der Waals surface area contributed by atoms with Crippen molar-refractivity contribution in [3.05, 3.63) is 29.6 Å². The van der Waals surface area contributed by atoms with Crippen LogP contribution in [0.1, 0.15) is 11.3 Å². The highest BCUT2D eigenvalue weighted by Crippen LogP contribution is 2.02. The zero-order valence-corrected chi connectivity index (χ0v) is 6.12. The smallest absolute Gasteiger partial charge is 0.143 e. The topological polar surface area (TPSA) is 62.7 Å². The van der Waals surface area contributed by atoms with Gasteiger partial charge in [-0.1, -0.05) is 6.07 Å². The maximum absolute atomic E-state index is 8.59. The molecule has 2 N–H and O–H groups in total. The molecule has 0 saturated heterocycles. The van der Waals surface area contributed by atoms with Crippen molar-refractivity contribution in [1.82, 2.24) is 4.98 Å². The lowest BCUT2D eigenvalue weighted by molar-refractivity contribution is 0.951. The molecule has 1 heterocycles. The summed E-state index contributed by atoms with van der Waals surface area (Å²) in [7, 11) is 0. The molecular weight excluding hydrogens is 138 g/mol. The van der Waals surface area contributed by atoms with Crippen molar-refractivity contribution in [1.29, 1.82) is 5.26 Å². The maximum atomic E-state index is 8.59. The van der Waals surface area contributed by atoms with Gasteiger partial charge in [0, 0.05) is 6.20 Å². The molecule has 0 aliphatic rings. The van der Waals surface area contributed by atoms with E-state index in [1.54, 1.807) is 6.20 Å². The predicted molar refractivity (Wildman–Crippen MR) is 41.7 cm³/mol. The molecular formula is C8H9N3. The Morgan fingerprint density at radius 2 is 2.45 bits per heavy atom. The molecule has 0 atom stereocenters. The van der Waals surface area contributed by atoms with Gasteiger partial charge < -0.3 is 5.73 Å². The summed E-state index contributed by atoms with van der Waals surface area (Å²) in [6.07, 6.45) is 2.33. The van der Waals surface area contributed by atoms with Crippen LogP contribution in [0, 0.1) is 11.3 Å². The summed E-state index contributed by atoms with van der Waals surface area (Å²) in [5, 5.41) is 8.59. The minimum absolute atomic E-state index is 0.484. The van der Waals surface area contributed by atoms with E-state index < -0.39 is 0 Å². The van der Waals surface area contributed by atoms with Crippen molar-refractivity contribution in [3.63, 3.8) is 0 Å². The summed E-state index contributed by atoms with van der Waals surface area (Å²) in [6, 6.07) is 5.70. The van der Waals surface area contributed by atoms with Gasteiger partial charge in [-0.15, -0.1) is 0 Å². The molecule has 3 heteroatoms. The molecule has 0 amide bonds. The van der Waals surface area contributed by atoms with Gasteiger partial charge in [0.15, 0.2) is 0 Å². The van der Waals surface area contributed by atoms with Crippen LogP contribution < -0.4 is 5.73 Å². The summed E-state index contributed by atoms with van der Waals surface area (Å²) in [5.41, 5.74) is 6.76. The van der Waals surface area contributed by atoms with Crippen LogP contribution in [0.2, 0.25) is 0 Å². The minimum Gasteiger partial charge on any atom is -0.330 e. The third kappa shape index (κ3) is 1.76. The first-order valence-corrected chi connectivity index (χ1v) is 3.42. The van der Waals surface area contributed by atoms with Crippen molar-refractivity contribution < 1.29 is 0 Å². The molecule has 0 unspecified atom stereocenters. The SMILES string of the molecule is N#Cc1ncccc1CCN. The van der Waals surface area contributed by atoms with E-state index >= 15 is 0 Å². The van der Waals surface area contributed by atoms with Gasteiger partial charge in [0.1, 0.15) is 11.8 Å². The first-order valence-electron chi connectivity index (χ1n) is 3.42. The lowest BCUT2D eigenvalue weighted by Crippen LogP contribution is -2.04. The fourth-order valence-corrected chi connectivity index (χ4v) is 0.897. The lowest BCUT2D eigenvalue weighted by atomic mass is 10.1. The zero-order chi connectivity index (χ0) is 8.10. The molecule has 0 aliphatic carbocycles. The minimum atomic E-state index is 0.484. The quantitative estimate of drug-likeness (QED) is 0.660. The Balaban J connectivity index is 2.95. The van der Waals surface area contributed by atoms with E-state index in [2.05, 4.69) is 4.98 Å². The second kappa shape index (κ2) is 3.69. The summed E-state index contributed by atoms with van der Waals surface area (Å²) < 4.78 is 0. The van der Waals surface area contributed by atoms with E-state index in [9.17, 15) is 0 Å². The molecule has 1 rings (SSSR count). The van der Waals surface area contributed by atoms with E-state index in [1.165, 1.54) is 0 Å². The van der Waals surface area contributed by atoms with Crippen LogP contribution in [0.5, 0.6) is 0 Å². The summed E-state index contributed by atoms with van der Waals surface area (Å²) in [5.74, 6) is 0. The molecule has 11 heavy (non-hydrogen) atoms. The fraction of sp³-hybridized carbons (Fsp3) is 0.250. The first-order chi connectivity index (χ1) is 5.38. The molecule has 0 aromatic carbocycles. The average Bonchev–Trinajstić information content (AvgIpc) is 2.06. The van der Waals surface area contributed by atoms with Gasteiger partial charge in [0.25, 0.3) is 0 Å². The molecule has 0 spiro atoms. The van der Waals surface area contributed by atoms with E-state index in [-0.39, 0.29) is 0 Å². The Kier molecular flexibility index (Phi) is 2.59. The van der Waals surface area contributed by atoms with E-state index in [1.807, 2.05) is 18.2 Å². The number of aromatic nitrogens is 1. The van der Waals surface area contributed by atoms with Crippen molar-refractivity contribution in [2.24, 2.45) is 5.73 Å². The largest absolute Gasteiger partial charge is 0.330 e. The number of hydrogen-bond donors (Lipinski definition) is 1. The third-order valence-electron chi connectivity index (χ3n) is 1.41. The average molecular weight is 147 g/mol. The Labute approximate surface area is 65.5 Å². The fourth-order valence-electron chi connectivity index (χ4n) is 0.897. The Bertz CT molecular complexity index is 275. The number of nitriles is 1. The molecule has 0 saturated carbocycles. The van der Waals surface area contributed by atoms with Gasteiger partial charge in [-0.2, -0.15) is 5.26 Å². The summed E-state index contributed by atoms with van der Waals surface area (Å²) in [6.45, 7) is 0.556. The summed E-state index contributed by atoms with van der Waals surface area (Å²) in [4.78, 5) is 3.90. The van der Waals surface area contributed by atoms with E-state index in [4.69, 9.17) is 11.0 Å². The Morgan fingerprint density at radius 1 is 1.64 bits per heavy atom. The number of nitrogens with two attached hydrogens (primary N) is 1. The van der Waals surface area contributed by atoms with Crippen LogP contribution in [0.3, 0.4) is 0 Å². The Hall–Kier alpha value is -1.40. The van der Waals surface area contributed by atoms with Crippen LogP contribution in [-0.2, 0) is 6.42 Å². The van der Waals surface area contributed by atoms with Gasteiger partial charge in [0.2, 0.25) is 0 Å². The van der Waals surface area contributed by atoms with Gasteiger partial charge in [-0.05, 0) is 24.6 Å². The van der Waals surface area contributed by atoms with Crippen LogP contribution in [-0.4, -0.2) is 11.5 Å². The van der Waals surface area contributed by atoms with Crippen LogP contribution in [0.15, 0.2) is 18.3 Å². The second-order valence-corrected chi connectivity index (χ2v) is 2.16. The van der Waals surface area contributed by atoms with Crippen LogP contribution in [0.4, 0.5) is 0 Å². The van der Waals surface area contributed by atoms with Crippen molar-refractivity contribution in [3.8, 4) is 6.07 Å². The van der Waals surface area contributed by atoms with Crippen LogP contribution >= 0.6 is 0 Å². The molecule has 1 aromatic rings. The number of nitrogens with zero attached hydrogens (tertiary/aromatic N) is 2. The highest BCUT2D eigenvalue weighted by Gasteiger charge is 1.98. The highest BCUT2D eigenvalue weighted by molar-refractivity contribution is 5.30. The van der Waals surface area contributed by atoms with Gasteiger partial charge in [-0.25, -0.2) is 4.98 Å². The normalized spacial score (nSPS) is 9.09. The van der Waals surface area contributed by atoms with Gasteiger partial charge in [-0.3, -0.25) is 0 Å². The third-order valence-corrected chi connectivity index (χ3v) is 1.41. The van der Waals surface area contributed by atoms with Gasteiger partial charge >= 0.3 is 0 Å². The second-order valence-electron chi connectivity index (χ2n) is 2.16. The summed E-state index contributed by atoms with van der Waals surface area (Å²) >= 11 is 0. The number of pyridine rings is 1. The zero-order valence-electron chi connectivity index (χ0n) is 6.12. The van der Waals surface area contributed by atoms with Crippen LogP contribution in [0.25, 0.3) is 0 Å². The first kappa shape index (κ1) is 7.70. The molecule has 0 fully saturated rings. The maximum Gasteiger partial charge on any atom is 0.143 e. The van der Waals surface area contributed by atoms with Crippen molar-refractivity contribution in [2.75, 3.05) is 6.54 Å². The standard InChI is InChI=1S/C8H9N3/c9-4-3-7-2-1-5-11-8(7)6-10/h1-2,5H,3-4,9H2. The highest BCUT2D eigenvalue weighted by atomic mass is 14.7. The van der Waals surface area contributed by atoms with E-state index in [0.29, 0.717) is 12.2 Å². The number of rotatable bonds is 2. The van der Waals surface area contributed by atoms with Gasteiger partial charge in [0.05, 0.1) is 0 Å². The Morgan fingerprint density at radius 3 is 3.09 bits per heavy atom. The molecule has 0 aliphatic heterocycles. The molecule has 0 bridgehead atoms. The molecule has 0 radical (unpaired) electrons. The lowest BCUT2D eigenvalue weighted by Gasteiger charge is -1.97. The number of hydrogen-bond acceptors (Lipinski definition) is 3. The molecule has 56 valence electrons. The molecule has 1 aromatic heterocycles. The van der Waals surface area contributed by atoms with Crippen molar-refractivity contribution in [2.45, 2.75) is 6.42 Å². The monoisotopic (exact) mass is 147 g/mol. The predicted octanol–water partition coefficient (Wildman–Crippen LogP) is 0.454. The van der Waals surface area contributed by atoms with E-state index in [0.717, 1.165) is 12.0 Å². The molecule has 3 nitrogen and oxygen atoms in total. The van der Waals surface area contributed by atoms with Crippen molar-refractivity contribution >= 4 is 0 Å².